The third-order valence-electron chi connectivity index (χ3n) is 1.59. The molecule has 0 aromatic carbocycles. The van der Waals surface area contributed by atoms with Gasteiger partial charge in [0, 0.05) is 12.8 Å². The van der Waals surface area contributed by atoms with Gasteiger partial charge >= 0.3 is 7.82 Å². The van der Waals surface area contributed by atoms with E-state index >= 15 is 0 Å². The summed E-state index contributed by atoms with van der Waals surface area (Å²) in [4.78, 5) is 0. The van der Waals surface area contributed by atoms with Gasteiger partial charge in [-0.3, -0.25) is 4.52 Å². The topological polar surface area (TPSA) is 44.8 Å². The van der Waals surface area contributed by atoms with Crippen molar-refractivity contribution in [2.75, 3.05) is 0 Å². The minimum absolute atomic E-state index is 0.132. The highest BCUT2D eigenvalue weighted by molar-refractivity contribution is 7.49. The van der Waals surface area contributed by atoms with E-state index in [0.717, 1.165) is 0 Å². The molecule has 0 aliphatic rings. The Balaban J connectivity index is 5.01. The van der Waals surface area contributed by atoms with Crippen LogP contribution < -0.4 is 0 Å². The molecule has 18 heavy (non-hydrogen) atoms. The van der Waals surface area contributed by atoms with E-state index in [1.54, 1.807) is 13.8 Å². The monoisotopic (exact) mass is 380 g/mol. The predicted molar refractivity (Wildman–Crippen MR) is 75.6 cm³/mol. The Kier molecular flexibility index (Phi) is 8.19. The van der Waals surface area contributed by atoms with E-state index in [9.17, 15) is 4.57 Å². The number of halogens is 5. The molecule has 4 nitrogen and oxygen atoms in total. The SMILES string of the molecule is CCC(Cl)(Cl)OP(=O)(OC(C)Cl)OC(Cl)(Cl)CC. The van der Waals surface area contributed by atoms with Gasteiger partial charge in [0.2, 0.25) is 9.04 Å². The third kappa shape index (κ3) is 7.98. The van der Waals surface area contributed by atoms with Gasteiger partial charge in [0.25, 0.3) is 0 Å². The molecule has 1 unspecified atom stereocenters. The van der Waals surface area contributed by atoms with Crippen molar-refractivity contribution in [3.8, 4) is 0 Å². The quantitative estimate of drug-likeness (QED) is 0.392. The summed E-state index contributed by atoms with van der Waals surface area (Å²) < 4.78 is 23.4. The van der Waals surface area contributed by atoms with Crippen molar-refractivity contribution in [3.05, 3.63) is 0 Å². The van der Waals surface area contributed by atoms with Crippen molar-refractivity contribution >= 4 is 65.8 Å². The molecular formula is C8H14Cl5O4P. The second-order valence-corrected chi connectivity index (χ2v) is 8.17. The van der Waals surface area contributed by atoms with Crippen LogP contribution in [0, 0.1) is 0 Å². The lowest BCUT2D eigenvalue weighted by molar-refractivity contribution is 0.0654. The standard InChI is InChI=1S/C8H14Cl5O4P/c1-4-7(10,11)16-18(14,15-6(3)9)17-8(12,13)5-2/h6H,4-5H2,1-3H3. The van der Waals surface area contributed by atoms with E-state index < -0.39 is 22.4 Å². The molecule has 1 atom stereocenters. The normalized spacial score (nSPS) is 15.8. The first-order chi connectivity index (χ1) is 7.95. The smallest absolute Gasteiger partial charge is 0.267 e. The molecule has 0 saturated carbocycles. The van der Waals surface area contributed by atoms with Gasteiger partial charge in [-0.1, -0.05) is 71.9 Å². The van der Waals surface area contributed by atoms with Gasteiger partial charge in [-0.25, -0.2) is 13.6 Å². The molecule has 0 aliphatic carbocycles. The molecule has 0 radical (unpaired) electrons. The molecule has 10 heteroatoms. The van der Waals surface area contributed by atoms with Crippen molar-refractivity contribution < 1.29 is 18.1 Å². The molecule has 0 fully saturated rings. The molecule has 0 bridgehead atoms. The number of alkyl halides is 5. The van der Waals surface area contributed by atoms with Crippen LogP contribution in [0.15, 0.2) is 0 Å². The van der Waals surface area contributed by atoms with E-state index in [1.165, 1.54) is 6.92 Å². The molecule has 0 aromatic heterocycles. The number of hydrogen-bond acceptors (Lipinski definition) is 4. The van der Waals surface area contributed by atoms with E-state index in [2.05, 4.69) is 0 Å². The molecule has 0 aliphatic heterocycles. The fraction of sp³-hybridized carbons (Fsp3) is 1.00. The van der Waals surface area contributed by atoms with Crippen LogP contribution in [-0.2, 0) is 18.1 Å². The lowest BCUT2D eigenvalue weighted by atomic mass is 10.5. The number of rotatable bonds is 8. The zero-order valence-electron chi connectivity index (χ0n) is 9.96. The second kappa shape index (κ2) is 7.53. The molecule has 0 rings (SSSR count). The van der Waals surface area contributed by atoms with E-state index in [1.807, 2.05) is 0 Å². The highest BCUT2D eigenvalue weighted by atomic mass is 35.5. The minimum atomic E-state index is -4.21. The summed E-state index contributed by atoms with van der Waals surface area (Å²) in [5.41, 5.74) is -0.974. The molecule has 0 aromatic rings. The Labute approximate surface area is 132 Å². The largest absolute Gasteiger partial charge is 0.481 e. The molecular weight excluding hydrogens is 368 g/mol. The molecule has 0 spiro atoms. The lowest BCUT2D eigenvalue weighted by Crippen LogP contribution is -2.23. The van der Waals surface area contributed by atoms with Crippen LogP contribution in [0.3, 0.4) is 0 Å². The average molecular weight is 382 g/mol. The van der Waals surface area contributed by atoms with Crippen LogP contribution in [0.1, 0.15) is 33.6 Å². The number of phosphoric acid groups is 1. The summed E-state index contributed by atoms with van der Waals surface area (Å²) in [6, 6.07) is 0. The van der Waals surface area contributed by atoms with E-state index in [0.29, 0.717) is 0 Å². The number of hydrogen-bond donors (Lipinski definition) is 0. The Morgan fingerprint density at radius 2 is 1.39 bits per heavy atom. The maximum Gasteiger partial charge on any atom is 0.481 e. The van der Waals surface area contributed by atoms with Crippen LogP contribution in [-0.4, -0.2) is 14.6 Å². The van der Waals surface area contributed by atoms with Crippen LogP contribution in [0.5, 0.6) is 0 Å². The first-order valence-corrected chi connectivity index (χ1v) is 8.46. The molecule has 0 N–H and O–H groups in total. The van der Waals surface area contributed by atoms with Crippen molar-refractivity contribution in [2.24, 2.45) is 0 Å². The summed E-state index contributed by atoms with van der Waals surface area (Å²) in [7, 11) is -4.21. The molecule has 110 valence electrons. The van der Waals surface area contributed by atoms with Crippen LogP contribution >= 0.6 is 65.8 Å². The van der Waals surface area contributed by atoms with Gasteiger partial charge < -0.3 is 0 Å². The molecule has 0 heterocycles. The number of phosphoric ester groups is 1. The minimum Gasteiger partial charge on any atom is -0.267 e. The predicted octanol–water partition coefficient (Wildman–Crippen LogP) is 5.81. The Bertz CT molecular complexity index is 288. The summed E-state index contributed by atoms with van der Waals surface area (Å²) >= 11 is 28.5. The van der Waals surface area contributed by atoms with Crippen molar-refractivity contribution in [1.29, 1.82) is 0 Å². The highest BCUT2D eigenvalue weighted by Gasteiger charge is 2.44. The van der Waals surface area contributed by atoms with Gasteiger partial charge in [0.05, 0.1) is 0 Å². The van der Waals surface area contributed by atoms with Gasteiger partial charge in [0.15, 0.2) is 0 Å². The van der Waals surface area contributed by atoms with E-state index in [-0.39, 0.29) is 12.8 Å². The summed E-state index contributed by atoms with van der Waals surface area (Å²) in [5.74, 6) is 0. The van der Waals surface area contributed by atoms with Crippen LogP contribution in [0.2, 0.25) is 0 Å². The third-order valence-corrected chi connectivity index (χ3v) is 5.25. The Hall–Kier alpha value is 1.56. The zero-order chi connectivity index (χ0) is 14.6. The summed E-state index contributed by atoms with van der Waals surface area (Å²) in [6.07, 6.45) is 0.264. The molecule has 0 saturated heterocycles. The first kappa shape index (κ1) is 19.6. The molecule has 0 amide bonds. The Morgan fingerprint density at radius 1 is 1.06 bits per heavy atom. The van der Waals surface area contributed by atoms with E-state index in [4.69, 9.17) is 71.6 Å². The van der Waals surface area contributed by atoms with Crippen molar-refractivity contribution in [2.45, 2.75) is 48.2 Å². The zero-order valence-corrected chi connectivity index (χ0v) is 14.6. The lowest BCUT2D eigenvalue weighted by Gasteiger charge is -2.29. The van der Waals surface area contributed by atoms with Gasteiger partial charge in [-0.15, -0.1) is 0 Å². The highest BCUT2D eigenvalue weighted by Crippen LogP contribution is 2.60. The fourth-order valence-corrected chi connectivity index (χ4v) is 3.39. The second-order valence-electron chi connectivity index (χ2n) is 3.26. The maximum atomic E-state index is 12.3. The van der Waals surface area contributed by atoms with Crippen LogP contribution in [0.25, 0.3) is 0 Å². The Morgan fingerprint density at radius 3 is 1.61 bits per heavy atom. The van der Waals surface area contributed by atoms with Crippen molar-refractivity contribution in [3.63, 3.8) is 0 Å². The maximum absolute atomic E-state index is 12.3. The average Bonchev–Trinajstić information content (AvgIpc) is 2.14. The summed E-state index contributed by atoms with van der Waals surface area (Å²) in [6.45, 7) is 4.64. The summed E-state index contributed by atoms with van der Waals surface area (Å²) in [5, 5.41) is 0. The van der Waals surface area contributed by atoms with Gasteiger partial charge in [-0.2, -0.15) is 0 Å². The van der Waals surface area contributed by atoms with Gasteiger partial charge in [0.1, 0.15) is 5.56 Å². The first-order valence-electron chi connectivity index (χ1n) is 5.05. The van der Waals surface area contributed by atoms with Crippen molar-refractivity contribution in [1.82, 2.24) is 0 Å². The van der Waals surface area contributed by atoms with Crippen LogP contribution in [0.4, 0.5) is 0 Å². The van der Waals surface area contributed by atoms with Gasteiger partial charge in [-0.05, 0) is 6.92 Å². The fourth-order valence-electron chi connectivity index (χ4n) is 0.696.